The first-order valence-corrected chi connectivity index (χ1v) is 5.62. The van der Waals surface area contributed by atoms with Crippen LogP contribution in [0.1, 0.15) is 22.5 Å². The fraction of sp³-hybridized carbons (Fsp3) is 0.308. The molecule has 0 aliphatic carbocycles. The average molecular weight is 231 g/mol. The summed E-state index contributed by atoms with van der Waals surface area (Å²) in [4.78, 5) is 0. The molecule has 0 spiro atoms. The zero-order valence-corrected chi connectivity index (χ0v) is 10.3. The van der Waals surface area contributed by atoms with Gasteiger partial charge in [-0.05, 0) is 44.5 Å². The predicted molar refractivity (Wildman–Crippen MR) is 68.2 cm³/mol. The first kappa shape index (κ1) is 11.5. The maximum atomic E-state index is 9.34. The van der Waals surface area contributed by atoms with Crippen LogP contribution in [0.15, 0.2) is 18.2 Å². The summed E-state index contributed by atoms with van der Waals surface area (Å²) in [6.07, 6.45) is 0. The summed E-state index contributed by atoms with van der Waals surface area (Å²) in [6, 6.07) is 5.32. The molecule has 0 saturated heterocycles. The van der Waals surface area contributed by atoms with Crippen molar-refractivity contribution < 1.29 is 5.11 Å². The molecular formula is C13H17N3O. The third-order valence-corrected chi connectivity index (χ3v) is 2.95. The zero-order chi connectivity index (χ0) is 12.4. The second kappa shape index (κ2) is 4.49. The zero-order valence-electron chi connectivity index (χ0n) is 10.3. The van der Waals surface area contributed by atoms with Gasteiger partial charge >= 0.3 is 0 Å². The lowest BCUT2D eigenvalue weighted by Crippen LogP contribution is -2.02. The highest BCUT2D eigenvalue weighted by Crippen LogP contribution is 2.21. The molecule has 2 aromatic rings. The number of aryl methyl sites for hydroxylation is 3. The minimum Gasteiger partial charge on any atom is -0.508 e. The number of anilines is 1. The summed E-state index contributed by atoms with van der Waals surface area (Å²) in [5.41, 5.74) is 5.36. The fourth-order valence-electron chi connectivity index (χ4n) is 1.86. The van der Waals surface area contributed by atoms with Gasteiger partial charge in [-0.3, -0.25) is 5.10 Å². The molecule has 0 atom stereocenters. The van der Waals surface area contributed by atoms with E-state index in [0.717, 1.165) is 29.2 Å². The van der Waals surface area contributed by atoms with E-state index in [1.807, 2.05) is 26.8 Å². The summed E-state index contributed by atoms with van der Waals surface area (Å²) in [7, 11) is 0. The van der Waals surface area contributed by atoms with Gasteiger partial charge in [-0.15, -0.1) is 0 Å². The van der Waals surface area contributed by atoms with E-state index in [4.69, 9.17) is 0 Å². The molecule has 4 nitrogen and oxygen atoms in total. The average Bonchev–Trinajstić information content (AvgIpc) is 2.58. The highest BCUT2D eigenvalue weighted by Gasteiger charge is 2.06. The van der Waals surface area contributed by atoms with Crippen molar-refractivity contribution in [1.29, 1.82) is 0 Å². The Labute approximate surface area is 101 Å². The molecule has 0 amide bonds. The van der Waals surface area contributed by atoms with Gasteiger partial charge < -0.3 is 10.4 Å². The minimum absolute atomic E-state index is 0.295. The first-order valence-electron chi connectivity index (χ1n) is 5.62. The largest absolute Gasteiger partial charge is 0.508 e. The number of phenolic OH excluding ortho intramolecular Hbond substituents is 1. The number of hydrogen-bond acceptors (Lipinski definition) is 3. The molecule has 0 aliphatic heterocycles. The van der Waals surface area contributed by atoms with E-state index in [9.17, 15) is 5.11 Å². The van der Waals surface area contributed by atoms with Crippen molar-refractivity contribution in [3.63, 3.8) is 0 Å². The van der Waals surface area contributed by atoms with Crippen LogP contribution in [0.5, 0.6) is 5.75 Å². The third kappa shape index (κ3) is 2.41. The van der Waals surface area contributed by atoms with Crippen LogP contribution in [0.4, 0.5) is 5.69 Å². The van der Waals surface area contributed by atoms with Crippen LogP contribution in [-0.4, -0.2) is 15.3 Å². The Kier molecular flexibility index (Phi) is 3.04. The number of benzene rings is 1. The highest BCUT2D eigenvalue weighted by atomic mass is 16.3. The van der Waals surface area contributed by atoms with Gasteiger partial charge in [0.05, 0.1) is 5.69 Å². The van der Waals surface area contributed by atoms with E-state index in [1.165, 1.54) is 5.56 Å². The van der Waals surface area contributed by atoms with Crippen LogP contribution < -0.4 is 5.32 Å². The van der Waals surface area contributed by atoms with Crippen molar-refractivity contribution in [2.24, 2.45) is 0 Å². The van der Waals surface area contributed by atoms with Crippen molar-refractivity contribution in [3.05, 3.63) is 40.7 Å². The highest BCUT2D eigenvalue weighted by molar-refractivity contribution is 5.53. The second-order valence-electron chi connectivity index (χ2n) is 4.27. The van der Waals surface area contributed by atoms with Crippen molar-refractivity contribution in [2.45, 2.75) is 27.3 Å². The second-order valence-corrected chi connectivity index (χ2v) is 4.27. The number of nitrogens with one attached hydrogen (secondary N) is 2. The number of rotatable bonds is 3. The van der Waals surface area contributed by atoms with Gasteiger partial charge in [-0.25, -0.2) is 0 Å². The van der Waals surface area contributed by atoms with Gasteiger partial charge in [-0.1, -0.05) is 0 Å². The Bertz CT molecular complexity index is 512. The number of nitrogens with zero attached hydrogens (tertiary/aromatic N) is 1. The van der Waals surface area contributed by atoms with Gasteiger partial charge in [0.2, 0.25) is 0 Å². The normalized spacial score (nSPS) is 10.5. The van der Waals surface area contributed by atoms with Crippen LogP contribution >= 0.6 is 0 Å². The Morgan fingerprint density at radius 1 is 1.29 bits per heavy atom. The molecule has 0 bridgehead atoms. The Morgan fingerprint density at radius 2 is 2.06 bits per heavy atom. The number of H-pyrrole nitrogens is 1. The van der Waals surface area contributed by atoms with Crippen LogP contribution in [-0.2, 0) is 6.54 Å². The number of phenols is 1. The lowest BCUT2D eigenvalue weighted by atomic mass is 10.1. The monoisotopic (exact) mass is 231 g/mol. The van der Waals surface area contributed by atoms with Gasteiger partial charge in [0.15, 0.2) is 0 Å². The molecule has 0 fully saturated rings. The lowest BCUT2D eigenvalue weighted by Gasteiger charge is -2.10. The van der Waals surface area contributed by atoms with Crippen molar-refractivity contribution in [3.8, 4) is 5.75 Å². The molecule has 0 aliphatic rings. The number of aromatic amines is 1. The summed E-state index contributed by atoms with van der Waals surface area (Å²) in [5, 5.41) is 19.8. The number of aromatic hydroxyl groups is 1. The summed E-state index contributed by atoms with van der Waals surface area (Å²) in [5.74, 6) is 0.295. The molecule has 0 saturated carbocycles. The van der Waals surface area contributed by atoms with Crippen LogP contribution in [0.25, 0.3) is 0 Å². The standard InChI is InChI=1S/C13H17N3O/c1-8-6-11(17)4-5-13(8)14-7-12-9(2)15-16-10(12)3/h4-6,14,17H,7H2,1-3H3,(H,15,16). The molecule has 4 heteroatoms. The van der Waals surface area contributed by atoms with Crippen molar-refractivity contribution >= 4 is 5.69 Å². The summed E-state index contributed by atoms with van der Waals surface area (Å²) < 4.78 is 0. The predicted octanol–water partition coefficient (Wildman–Crippen LogP) is 2.65. The molecule has 0 unspecified atom stereocenters. The van der Waals surface area contributed by atoms with Gasteiger partial charge in [-0.2, -0.15) is 5.10 Å². The van der Waals surface area contributed by atoms with Crippen molar-refractivity contribution in [2.75, 3.05) is 5.32 Å². The van der Waals surface area contributed by atoms with Crippen LogP contribution in [0.3, 0.4) is 0 Å². The maximum Gasteiger partial charge on any atom is 0.115 e. The Morgan fingerprint density at radius 3 is 2.65 bits per heavy atom. The Balaban J connectivity index is 2.13. The molecule has 1 aromatic carbocycles. The quantitative estimate of drug-likeness (QED) is 0.712. The topological polar surface area (TPSA) is 60.9 Å². The minimum atomic E-state index is 0.295. The van der Waals surface area contributed by atoms with Crippen LogP contribution in [0.2, 0.25) is 0 Å². The molecule has 1 aromatic heterocycles. The van der Waals surface area contributed by atoms with E-state index in [-0.39, 0.29) is 0 Å². The van der Waals surface area contributed by atoms with E-state index >= 15 is 0 Å². The SMILES string of the molecule is Cc1cc(O)ccc1NCc1c(C)n[nH]c1C. The molecule has 2 rings (SSSR count). The molecule has 1 heterocycles. The van der Waals surface area contributed by atoms with Crippen LogP contribution in [0, 0.1) is 20.8 Å². The molecule has 3 N–H and O–H groups in total. The van der Waals surface area contributed by atoms with E-state index in [1.54, 1.807) is 12.1 Å². The molecule has 0 radical (unpaired) electrons. The molecule has 17 heavy (non-hydrogen) atoms. The van der Waals surface area contributed by atoms with Gasteiger partial charge in [0.1, 0.15) is 5.75 Å². The van der Waals surface area contributed by atoms with E-state index in [2.05, 4.69) is 15.5 Å². The molecular weight excluding hydrogens is 214 g/mol. The third-order valence-electron chi connectivity index (χ3n) is 2.95. The Hall–Kier alpha value is -1.97. The summed E-state index contributed by atoms with van der Waals surface area (Å²) >= 11 is 0. The number of hydrogen-bond donors (Lipinski definition) is 3. The van der Waals surface area contributed by atoms with Gasteiger partial charge in [0, 0.05) is 23.5 Å². The summed E-state index contributed by atoms with van der Waals surface area (Å²) in [6.45, 7) is 6.71. The molecule has 90 valence electrons. The van der Waals surface area contributed by atoms with Gasteiger partial charge in [0.25, 0.3) is 0 Å². The maximum absolute atomic E-state index is 9.34. The lowest BCUT2D eigenvalue weighted by molar-refractivity contribution is 0.475. The number of aromatic nitrogens is 2. The van der Waals surface area contributed by atoms with Crippen molar-refractivity contribution in [1.82, 2.24) is 10.2 Å². The van der Waals surface area contributed by atoms with E-state index < -0.39 is 0 Å². The first-order chi connectivity index (χ1) is 8.08. The van der Waals surface area contributed by atoms with E-state index in [0.29, 0.717) is 5.75 Å². The fourth-order valence-corrected chi connectivity index (χ4v) is 1.86. The smallest absolute Gasteiger partial charge is 0.115 e.